The number of amides is 1. The monoisotopic (exact) mass is 416 g/mol. The van der Waals surface area contributed by atoms with Crippen molar-refractivity contribution in [2.24, 2.45) is 0 Å². The first-order chi connectivity index (χ1) is 15.2. The van der Waals surface area contributed by atoms with Crippen LogP contribution in [0.4, 0.5) is 0 Å². The normalized spacial score (nSPS) is 14.4. The fourth-order valence-electron chi connectivity index (χ4n) is 4.66. The van der Waals surface area contributed by atoms with Gasteiger partial charge in [-0.15, -0.1) is 0 Å². The third-order valence-corrected chi connectivity index (χ3v) is 6.30. The lowest BCUT2D eigenvalue weighted by Gasteiger charge is -2.35. The largest absolute Gasteiger partial charge is 0.496 e. The van der Waals surface area contributed by atoms with E-state index >= 15 is 0 Å². The molecule has 1 saturated carbocycles. The van der Waals surface area contributed by atoms with Crippen molar-refractivity contribution in [1.82, 2.24) is 9.47 Å². The zero-order valence-electron chi connectivity index (χ0n) is 18.6. The van der Waals surface area contributed by atoms with E-state index in [1.54, 1.807) is 7.11 Å². The van der Waals surface area contributed by atoms with Crippen LogP contribution < -0.4 is 4.74 Å². The Balaban J connectivity index is 1.61. The Morgan fingerprint density at radius 2 is 1.84 bits per heavy atom. The summed E-state index contributed by atoms with van der Waals surface area (Å²) in [6.45, 7) is 3.54. The van der Waals surface area contributed by atoms with E-state index in [4.69, 9.17) is 4.74 Å². The minimum atomic E-state index is 0.0626. The first-order valence-electron chi connectivity index (χ1n) is 11.3. The summed E-state index contributed by atoms with van der Waals surface area (Å²) in [4.78, 5) is 15.8. The SMILES string of the molecule is COc1ccccc1C(=O)N(Cc1cccn1Cc1cccc(C)c1)C1CCCCC1. The maximum Gasteiger partial charge on any atom is 0.258 e. The number of rotatable bonds is 7. The summed E-state index contributed by atoms with van der Waals surface area (Å²) in [6, 6.07) is 20.7. The summed E-state index contributed by atoms with van der Waals surface area (Å²) in [6.07, 6.45) is 7.88. The van der Waals surface area contributed by atoms with Gasteiger partial charge in [-0.2, -0.15) is 0 Å². The van der Waals surface area contributed by atoms with Crippen molar-refractivity contribution in [3.05, 3.63) is 89.2 Å². The highest BCUT2D eigenvalue weighted by molar-refractivity contribution is 5.97. The molecule has 0 atom stereocenters. The van der Waals surface area contributed by atoms with E-state index in [9.17, 15) is 4.79 Å². The summed E-state index contributed by atoms with van der Waals surface area (Å²) < 4.78 is 7.76. The molecule has 0 spiro atoms. The van der Waals surface area contributed by atoms with Crippen LogP contribution in [-0.4, -0.2) is 28.5 Å². The molecular weight excluding hydrogens is 384 g/mol. The molecule has 0 N–H and O–H groups in total. The second-order valence-electron chi connectivity index (χ2n) is 8.54. The third-order valence-electron chi connectivity index (χ3n) is 6.30. The van der Waals surface area contributed by atoms with Crippen molar-refractivity contribution >= 4 is 5.91 Å². The van der Waals surface area contributed by atoms with Crippen molar-refractivity contribution in [2.45, 2.75) is 58.2 Å². The van der Waals surface area contributed by atoms with Crippen LogP contribution >= 0.6 is 0 Å². The number of nitrogens with zero attached hydrogens (tertiary/aromatic N) is 2. The lowest BCUT2D eigenvalue weighted by atomic mass is 9.93. The first kappa shape index (κ1) is 21.2. The zero-order chi connectivity index (χ0) is 21.6. The second kappa shape index (κ2) is 9.86. The van der Waals surface area contributed by atoms with Crippen LogP contribution in [0.25, 0.3) is 0 Å². The molecule has 0 saturated heterocycles. The fourth-order valence-corrected chi connectivity index (χ4v) is 4.66. The van der Waals surface area contributed by atoms with Gasteiger partial charge in [0.05, 0.1) is 19.2 Å². The van der Waals surface area contributed by atoms with Gasteiger partial charge in [-0.1, -0.05) is 61.2 Å². The number of aryl methyl sites for hydroxylation is 1. The Kier molecular flexibility index (Phi) is 6.76. The Labute approximate surface area is 185 Å². The molecule has 1 fully saturated rings. The molecule has 0 aliphatic heterocycles. The number of benzene rings is 2. The average Bonchev–Trinajstić information content (AvgIpc) is 3.24. The molecule has 162 valence electrons. The van der Waals surface area contributed by atoms with Crippen LogP contribution in [0, 0.1) is 6.92 Å². The maximum absolute atomic E-state index is 13.7. The molecular formula is C27H32N2O2. The van der Waals surface area contributed by atoms with Gasteiger partial charge in [0.15, 0.2) is 0 Å². The number of aromatic nitrogens is 1. The van der Waals surface area contributed by atoms with E-state index in [0.29, 0.717) is 17.9 Å². The predicted octanol–water partition coefficient (Wildman–Crippen LogP) is 5.83. The number of ether oxygens (including phenoxy) is 1. The summed E-state index contributed by atoms with van der Waals surface area (Å²) in [5.74, 6) is 0.705. The number of hydrogen-bond acceptors (Lipinski definition) is 2. The number of carbonyl (C=O) groups excluding carboxylic acids is 1. The number of carbonyl (C=O) groups is 1. The van der Waals surface area contributed by atoms with Crippen LogP contribution in [0.5, 0.6) is 5.75 Å². The standard InChI is InChI=1S/C27H32N2O2/c1-21-10-8-11-22(18-21)19-28-17-9-14-24(28)20-29(23-12-4-3-5-13-23)27(30)25-15-6-7-16-26(25)31-2/h6-11,14-18,23H,3-5,12-13,19-20H2,1-2H3. The topological polar surface area (TPSA) is 34.5 Å². The van der Waals surface area contributed by atoms with Crippen molar-refractivity contribution < 1.29 is 9.53 Å². The molecule has 4 nitrogen and oxygen atoms in total. The van der Waals surface area contributed by atoms with Gasteiger partial charge in [0.1, 0.15) is 5.75 Å². The number of methoxy groups -OCH3 is 1. The van der Waals surface area contributed by atoms with Crippen molar-refractivity contribution in [3.8, 4) is 5.75 Å². The minimum Gasteiger partial charge on any atom is -0.496 e. The Hall–Kier alpha value is -3.01. The van der Waals surface area contributed by atoms with Crippen molar-refractivity contribution in [1.29, 1.82) is 0 Å². The van der Waals surface area contributed by atoms with Gasteiger partial charge in [-0.05, 0) is 49.6 Å². The van der Waals surface area contributed by atoms with Gasteiger partial charge < -0.3 is 14.2 Å². The maximum atomic E-state index is 13.7. The Morgan fingerprint density at radius 1 is 1.03 bits per heavy atom. The lowest BCUT2D eigenvalue weighted by molar-refractivity contribution is 0.0605. The van der Waals surface area contributed by atoms with E-state index in [2.05, 4.69) is 59.0 Å². The Bertz CT molecular complexity index is 1020. The highest BCUT2D eigenvalue weighted by Gasteiger charge is 2.28. The van der Waals surface area contributed by atoms with Gasteiger partial charge in [0.2, 0.25) is 0 Å². The lowest BCUT2D eigenvalue weighted by Crippen LogP contribution is -2.41. The molecule has 1 amide bonds. The summed E-state index contributed by atoms with van der Waals surface area (Å²) >= 11 is 0. The van der Waals surface area contributed by atoms with E-state index in [-0.39, 0.29) is 11.9 Å². The predicted molar refractivity (Wildman–Crippen MR) is 124 cm³/mol. The van der Waals surface area contributed by atoms with Crippen LogP contribution in [0.2, 0.25) is 0 Å². The van der Waals surface area contributed by atoms with Crippen molar-refractivity contribution in [3.63, 3.8) is 0 Å². The van der Waals surface area contributed by atoms with Gasteiger partial charge in [-0.3, -0.25) is 4.79 Å². The molecule has 31 heavy (non-hydrogen) atoms. The molecule has 0 radical (unpaired) electrons. The molecule has 3 aromatic rings. The smallest absolute Gasteiger partial charge is 0.258 e. The molecule has 4 heteroatoms. The number of hydrogen-bond donors (Lipinski definition) is 0. The summed E-state index contributed by atoms with van der Waals surface area (Å²) in [5, 5.41) is 0. The van der Waals surface area contributed by atoms with Gasteiger partial charge in [0.25, 0.3) is 5.91 Å². The zero-order valence-corrected chi connectivity index (χ0v) is 18.6. The number of para-hydroxylation sites is 1. The van der Waals surface area contributed by atoms with Crippen LogP contribution in [0.1, 0.15) is 59.3 Å². The third kappa shape index (κ3) is 5.01. The highest BCUT2D eigenvalue weighted by atomic mass is 16.5. The molecule has 1 aromatic heterocycles. The second-order valence-corrected chi connectivity index (χ2v) is 8.54. The highest BCUT2D eigenvalue weighted by Crippen LogP contribution is 2.28. The van der Waals surface area contributed by atoms with Gasteiger partial charge in [0, 0.05) is 24.5 Å². The van der Waals surface area contributed by atoms with E-state index in [1.807, 2.05) is 24.3 Å². The summed E-state index contributed by atoms with van der Waals surface area (Å²) in [7, 11) is 1.63. The molecule has 1 aliphatic carbocycles. The minimum absolute atomic E-state index is 0.0626. The summed E-state index contributed by atoms with van der Waals surface area (Å²) in [5.41, 5.74) is 4.35. The van der Waals surface area contributed by atoms with E-state index in [0.717, 1.165) is 25.1 Å². The van der Waals surface area contributed by atoms with E-state index in [1.165, 1.54) is 30.4 Å². The fraction of sp³-hybridized carbons (Fsp3) is 0.370. The van der Waals surface area contributed by atoms with Crippen LogP contribution in [0.15, 0.2) is 66.9 Å². The quantitative estimate of drug-likeness (QED) is 0.486. The molecule has 0 bridgehead atoms. The first-order valence-corrected chi connectivity index (χ1v) is 11.3. The Morgan fingerprint density at radius 3 is 2.61 bits per heavy atom. The van der Waals surface area contributed by atoms with Crippen LogP contribution in [0.3, 0.4) is 0 Å². The molecule has 1 heterocycles. The van der Waals surface area contributed by atoms with Crippen molar-refractivity contribution in [2.75, 3.05) is 7.11 Å². The van der Waals surface area contributed by atoms with Crippen LogP contribution in [-0.2, 0) is 13.1 Å². The molecule has 1 aliphatic rings. The molecule has 0 unspecified atom stereocenters. The molecule has 4 rings (SSSR count). The van der Waals surface area contributed by atoms with E-state index < -0.39 is 0 Å². The molecule has 2 aromatic carbocycles. The van der Waals surface area contributed by atoms with Gasteiger partial charge >= 0.3 is 0 Å². The van der Waals surface area contributed by atoms with Gasteiger partial charge in [-0.25, -0.2) is 0 Å². The average molecular weight is 417 g/mol.